The fourth-order valence-corrected chi connectivity index (χ4v) is 1.67. The van der Waals surface area contributed by atoms with Crippen LogP contribution in [0.3, 0.4) is 0 Å². The zero-order valence-corrected chi connectivity index (χ0v) is 11.3. The molecule has 0 bridgehead atoms. The zero-order chi connectivity index (χ0) is 13.5. The van der Waals surface area contributed by atoms with Crippen LogP contribution in [0.25, 0.3) is 0 Å². The highest BCUT2D eigenvalue weighted by molar-refractivity contribution is 5.80. The summed E-state index contributed by atoms with van der Waals surface area (Å²) in [5.74, 6) is 0.718. The van der Waals surface area contributed by atoms with Gasteiger partial charge in [0.25, 0.3) is 0 Å². The Morgan fingerprint density at radius 3 is 2.72 bits per heavy atom. The number of pyridine rings is 1. The van der Waals surface area contributed by atoms with Gasteiger partial charge >= 0.3 is 0 Å². The van der Waals surface area contributed by atoms with E-state index in [2.05, 4.69) is 11.9 Å². The average Bonchev–Trinajstić information content (AvgIpc) is 2.38. The van der Waals surface area contributed by atoms with E-state index in [9.17, 15) is 9.90 Å². The van der Waals surface area contributed by atoms with E-state index in [-0.39, 0.29) is 19.1 Å². The molecule has 0 saturated heterocycles. The Bertz CT molecular complexity index is 394. The number of nitrogens with zero attached hydrogens (tertiary/aromatic N) is 3. The van der Waals surface area contributed by atoms with Gasteiger partial charge in [-0.3, -0.25) is 4.79 Å². The lowest BCUT2D eigenvalue weighted by molar-refractivity contribution is -0.127. The molecule has 1 aromatic rings. The second-order valence-electron chi connectivity index (χ2n) is 4.35. The van der Waals surface area contributed by atoms with Crippen LogP contribution in [0, 0.1) is 0 Å². The van der Waals surface area contributed by atoms with Gasteiger partial charge in [0.2, 0.25) is 5.91 Å². The van der Waals surface area contributed by atoms with E-state index < -0.39 is 0 Å². The van der Waals surface area contributed by atoms with Gasteiger partial charge in [0.15, 0.2) is 0 Å². The molecule has 1 aromatic heterocycles. The summed E-state index contributed by atoms with van der Waals surface area (Å²) in [7, 11) is 3.47. The summed E-state index contributed by atoms with van der Waals surface area (Å²) in [5, 5.41) is 9.32. The van der Waals surface area contributed by atoms with Crippen molar-refractivity contribution in [1.82, 2.24) is 9.88 Å². The third-order valence-corrected chi connectivity index (χ3v) is 2.66. The Morgan fingerprint density at radius 1 is 1.44 bits per heavy atom. The van der Waals surface area contributed by atoms with Crippen molar-refractivity contribution in [2.45, 2.75) is 20.0 Å². The Balaban J connectivity index is 2.93. The van der Waals surface area contributed by atoms with Crippen molar-refractivity contribution in [2.75, 3.05) is 32.1 Å². The molecule has 0 aliphatic rings. The van der Waals surface area contributed by atoms with Crippen LogP contribution in [0.1, 0.15) is 18.9 Å². The zero-order valence-electron chi connectivity index (χ0n) is 11.3. The highest BCUT2D eigenvalue weighted by Gasteiger charge is 2.15. The molecule has 0 aromatic carbocycles. The van der Waals surface area contributed by atoms with Gasteiger partial charge in [-0.15, -0.1) is 0 Å². The van der Waals surface area contributed by atoms with Crippen LogP contribution in [-0.4, -0.2) is 48.1 Å². The van der Waals surface area contributed by atoms with E-state index in [4.69, 9.17) is 0 Å². The van der Waals surface area contributed by atoms with Gasteiger partial charge in [-0.2, -0.15) is 0 Å². The molecule has 100 valence electrons. The van der Waals surface area contributed by atoms with E-state index in [1.54, 1.807) is 31.3 Å². The van der Waals surface area contributed by atoms with E-state index in [1.807, 2.05) is 11.0 Å². The predicted octanol–water partition coefficient (Wildman–Crippen LogP) is 0.878. The van der Waals surface area contributed by atoms with Crippen molar-refractivity contribution in [3.8, 4) is 0 Å². The van der Waals surface area contributed by atoms with Crippen LogP contribution < -0.4 is 4.90 Å². The molecule has 5 nitrogen and oxygen atoms in total. The van der Waals surface area contributed by atoms with Gasteiger partial charge in [0, 0.05) is 32.4 Å². The standard InChI is InChI=1S/C13H21N3O2/c1-4-8-16(9-12(18)15(2)3)13-11(10-17)6-5-7-14-13/h5-7,17H,4,8-10H2,1-3H3. The second-order valence-corrected chi connectivity index (χ2v) is 4.35. The Hall–Kier alpha value is -1.62. The number of amides is 1. The third-order valence-electron chi connectivity index (χ3n) is 2.66. The minimum atomic E-state index is -0.0699. The lowest BCUT2D eigenvalue weighted by Crippen LogP contribution is -2.38. The first-order valence-corrected chi connectivity index (χ1v) is 6.10. The number of likely N-dealkylation sites (N-methyl/N-ethyl adjacent to an activating group) is 1. The fraction of sp³-hybridized carbons (Fsp3) is 0.538. The van der Waals surface area contributed by atoms with Crippen LogP contribution in [0.4, 0.5) is 5.82 Å². The molecule has 0 unspecified atom stereocenters. The van der Waals surface area contributed by atoms with Gasteiger partial charge < -0.3 is 14.9 Å². The van der Waals surface area contributed by atoms with Crippen molar-refractivity contribution in [1.29, 1.82) is 0 Å². The minimum absolute atomic E-state index is 0.0259. The maximum Gasteiger partial charge on any atom is 0.241 e. The quantitative estimate of drug-likeness (QED) is 0.815. The van der Waals surface area contributed by atoms with E-state index in [0.717, 1.165) is 18.5 Å². The Labute approximate surface area is 108 Å². The maximum atomic E-state index is 11.8. The third kappa shape index (κ3) is 3.70. The van der Waals surface area contributed by atoms with Crippen LogP contribution in [-0.2, 0) is 11.4 Å². The molecule has 0 spiro atoms. The lowest BCUT2D eigenvalue weighted by atomic mass is 10.2. The SMILES string of the molecule is CCCN(CC(=O)N(C)C)c1ncccc1CO. The summed E-state index contributed by atoms with van der Waals surface area (Å²) in [6, 6.07) is 3.61. The van der Waals surface area contributed by atoms with Crippen molar-refractivity contribution in [3.05, 3.63) is 23.9 Å². The van der Waals surface area contributed by atoms with Gasteiger partial charge in [0.05, 0.1) is 13.2 Å². The monoisotopic (exact) mass is 251 g/mol. The molecule has 1 rings (SSSR count). The Kier molecular flexibility index (Phi) is 5.58. The summed E-state index contributed by atoms with van der Waals surface area (Å²) >= 11 is 0. The first-order valence-electron chi connectivity index (χ1n) is 6.10. The van der Waals surface area contributed by atoms with Crippen molar-refractivity contribution < 1.29 is 9.90 Å². The van der Waals surface area contributed by atoms with E-state index >= 15 is 0 Å². The number of aliphatic hydroxyl groups is 1. The van der Waals surface area contributed by atoms with Crippen LogP contribution in [0.2, 0.25) is 0 Å². The number of anilines is 1. The molecular formula is C13H21N3O2. The first kappa shape index (κ1) is 14.4. The first-order chi connectivity index (χ1) is 8.60. The topological polar surface area (TPSA) is 56.7 Å². The largest absolute Gasteiger partial charge is 0.392 e. The van der Waals surface area contributed by atoms with Crippen LogP contribution in [0.15, 0.2) is 18.3 Å². The molecule has 1 N–H and O–H groups in total. The van der Waals surface area contributed by atoms with Gasteiger partial charge in [-0.25, -0.2) is 4.98 Å². The molecule has 1 amide bonds. The molecule has 0 radical (unpaired) electrons. The number of carbonyl (C=O) groups is 1. The van der Waals surface area contributed by atoms with Crippen molar-refractivity contribution in [3.63, 3.8) is 0 Å². The molecule has 0 atom stereocenters. The minimum Gasteiger partial charge on any atom is -0.392 e. The summed E-state index contributed by atoms with van der Waals surface area (Å²) in [6.07, 6.45) is 2.60. The number of hydrogen-bond donors (Lipinski definition) is 1. The molecule has 5 heteroatoms. The molecular weight excluding hydrogens is 230 g/mol. The number of aliphatic hydroxyl groups excluding tert-OH is 1. The normalized spacial score (nSPS) is 10.2. The molecule has 0 saturated carbocycles. The Morgan fingerprint density at radius 2 is 2.17 bits per heavy atom. The molecule has 1 heterocycles. The number of carbonyl (C=O) groups excluding carboxylic acids is 1. The van der Waals surface area contributed by atoms with Crippen molar-refractivity contribution >= 4 is 11.7 Å². The summed E-state index contributed by atoms with van der Waals surface area (Å²) in [6.45, 7) is 3.00. The van der Waals surface area contributed by atoms with Gasteiger partial charge in [-0.05, 0) is 12.5 Å². The number of aromatic nitrogens is 1. The van der Waals surface area contributed by atoms with E-state index in [1.165, 1.54) is 0 Å². The highest BCUT2D eigenvalue weighted by atomic mass is 16.3. The highest BCUT2D eigenvalue weighted by Crippen LogP contribution is 2.17. The summed E-state index contributed by atoms with van der Waals surface area (Å²) < 4.78 is 0. The second kappa shape index (κ2) is 6.96. The predicted molar refractivity (Wildman–Crippen MR) is 71.4 cm³/mol. The van der Waals surface area contributed by atoms with Gasteiger partial charge in [-0.1, -0.05) is 13.0 Å². The summed E-state index contributed by atoms with van der Waals surface area (Å²) in [4.78, 5) is 19.5. The molecule has 0 fully saturated rings. The maximum absolute atomic E-state index is 11.8. The molecule has 0 aliphatic carbocycles. The lowest BCUT2D eigenvalue weighted by Gasteiger charge is -2.25. The van der Waals surface area contributed by atoms with E-state index in [0.29, 0.717) is 5.82 Å². The number of rotatable bonds is 6. The number of hydrogen-bond acceptors (Lipinski definition) is 4. The van der Waals surface area contributed by atoms with Crippen LogP contribution in [0.5, 0.6) is 0 Å². The average molecular weight is 251 g/mol. The van der Waals surface area contributed by atoms with Crippen LogP contribution >= 0.6 is 0 Å². The summed E-state index contributed by atoms with van der Waals surface area (Å²) in [5.41, 5.74) is 0.748. The smallest absolute Gasteiger partial charge is 0.241 e. The van der Waals surface area contributed by atoms with Crippen molar-refractivity contribution in [2.24, 2.45) is 0 Å². The van der Waals surface area contributed by atoms with Gasteiger partial charge in [0.1, 0.15) is 5.82 Å². The fourth-order valence-electron chi connectivity index (χ4n) is 1.67. The molecule has 18 heavy (non-hydrogen) atoms. The molecule has 0 aliphatic heterocycles.